The Labute approximate surface area is 428 Å². The van der Waals surface area contributed by atoms with Crippen molar-refractivity contribution < 1.29 is 63.2 Å². The van der Waals surface area contributed by atoms with Crippen molar-refractivity contribution in [1.29, 1.82) is 0 Å². The van der Waals surface area contributed by atoms with Gasteiger partial charge in [0.25, 0.3) is 5.56 Å². The van der Waals surface area contributed by atoms with Crippen molar-refractivity contribution in [3.8, 4) is 17.5 Å². The summed E-state index contributed by atoms with van der Waals surface area (Å²) in [6, 6.07) is 10.7. The maximum Gasteiger partial charge on any atom is 0.311 e. The number of nitrogens with zero attached hydrogens (tertiary/aromatic N) is 2. The maximum atomic E-state index is 14.4. The largest absolute Gasteiger partial charge is 0.459 e. The number of aryl methyl sites for hydroxylation is 1. The Kier molecular flexibility index (Phi) is 20.8. The molecule has 0 amide bonds. The standard InChI is InChI=1S/C56H86N2O14/c1-15-43-56(11,65)49(62)36(5)46(60)34(3)30-55(10,67-14)51(37(6)48(38(7)52(64)70-43)71-45-31-54(9,66-13)50(63)39(8)69-45)72-53-47(61)42(29-35(4)68-53)57(12)28-20-18-16-17-19-21-40-23-25-41(26-24-40)58-32-33(2)22-27-44(58)59/h22-27,32,34-39,42-43,45,47-51,53,61-63,65H,15-18,20,28-31H2,1-14H3/t34-,35-,36+,37+,38-,39+,42+,43?,45?,47-,48-,49-,50+,51-,53?,54-,55+,56-/m1/s1. The Morgan fingerprint density at radius 3 is 2.14 bits per heavy atom. The normalized spacial score (nSPS) is 38.4. The Morgan fingerprint density at radius 1 is 0.833 bits per heavy atom. The SMILES string of the molecule is CCC1OC(=O)[C@H](C)[C@H](OC2C[C@@](C)(OC)[C@@H](O)[C@H](C)O2)[C@H](C)[C@@H](OC2O[C@H](C)C[C@H](N(C)CCCCCC#Cc3ccc(-n4cc(C)ccc4=O)cc3)[C@H]2O)[C@@](C)(OC)C[C@@H](C)C(=O)[C@H](C)[C@@H](O)[C@]1(C)O. The van der Waals surface area contributed by atoms with Crippen LogP contribution in [0, 0.1) is 42.4 Å². The fraction of sp³-hybridized carbons (Fsp3) is 0.732. The van der Waals surface area contributed by atoms with E-state index in [4.69, 9.17) is 33.2 Å². The van der Waals surface area contributed by atoms with Gasteiger partial charge >= 0.3 is 5.97 Å². The Bertz CT molecular complexity index is 2210. The molecule has 3 unspecified atom stereocenters. The van der Waals surface area contributed by atoms with E-state index < -0.39 is 102 Å². The minimum absolute atomic E-state index is 0.0824. The van der Waals surface area contributed by atoms with Gasteiger partial charge < -0.3 is 58.5 Å². The van der Waals surface area contributed by atoms with Crippen LogP contribution in [0.25, 0.3) is 5.69 Å². The van der Waals surface area contributed by atoms with Crippen LogP contribution in [0.4, 0.5) is 0 Å². The van der Waals surface area contributed by atoms with Gasteiger partial charge in [-0.25, -0.2) is 0 Å². The van der Waals surface area contributed by atoms with Crippen LogP contribution < -0.4 is 5.56 Å². The number of Topliss-reactive ketones (excluding diaryl/α,β-unsaturated/α-hetero) is 1. The monoisotopic (exact) mass is 1010 g/mol. The van der Waals surface area contributed by atoms with Crippen LogP contribution in [0.15, 0.2) is 47.4 Å². The number of pyridine rings is 1. The van der Waals surface area contributed by atoms with Crippen molar-refractivity contribution >= 4 is 11.8 Å². The molecular weight excluding hydrogens is 925 g/mol. The van der Waals surface area contributed by atoms with E-state index in [2.05, 4.69) is 16.7 Å². The van der Waals surface area contributed by atoms with Crippen LogP contribution in [0.3, 0.4) is 0 Å². The van der Waals surface area contributed by atoms with Gasteiger partial charge in [-0.2, -0.15) is 0 Å². The van der Waals surface area contributed by atoms with Crippen molar-refractivity contribution in [2.45, 2.75) is 212 Å². The minimum Gasteiger partial charge on any atom is -0.459 e. The summed E-state index contributed by atoms with van der Waals surface area (Å²) >= 11 is 0. The summed E-state index contributed by atoms with van der Waals surface area (Å²) in [6.45, 7) is 19.8. The molecule has 0 aliphatic carbocycles. The third kappa shape index (κ3) is 13.8. The highest BCUT2D eigenvalue weighted by molar-refractivity contribution is 5.83. The lowest BCUT2D eigenvalue weighted by Crippen LogP contribution is -2.61. The Hall–Kier alpha value is -3.57. The first kappa shape index (κ1) is 59.3. The first-order valence-corrected chi connectivity index (χ1v) is 26.0. The summed E-state index contributed by atoms with van der Waals surface area (Å²) in [5, 5.41) is 46.7. The molecule has 3 saturated heterocycles. The number of ether oxygens (including phenoxy) is 7. The lowest BCUT2D eigenvalue weighted by Gasteiger charge is -2.50. The zero-order valence-corrected chi connectivity index (χ0v) is 45.3. The molecule has 3 aliphatic rings. The van der Waals surface area contributed by atoms with Crippen LogP contribution in [0.5, 0.6) is 0 Å². The average molecular weight is 1010 g/mol. The molecule has 1 aromatic carbocycles. The summed E-state index contributed by atoms with van der Waals surface area (Å²) < 4.78 is 46.4. The summed E-state index contributed by atoms with van der Waals surface area (Å²) in [6.07, 6.45) is -4.04. The van der Waals surface area contributed by atoms with Crippen LogP contribution in [0.2, 0.25) is 0 Å². The molecule has 404 valence electrons. The second kappa shape index (κ2) is 25.3. The van der Waals surface area contributed by atoms with Gasteiger partial charge in [0.15, 0.2) is 12.6 Å². The number of cyclic esters (lactones) is 1. The molecule has 18 atom stereocenters. The van der Waals surface area contributed by atoms with E-state index in [9.17, 15) is 34.8 Å². The number of benzene rings is 1. The number of likely N-dealkylation sites (N-methyl/N-ethyl adjacent to an activating group) is 1. The third-order valence-electron chi connectivity index (χ3n) is 15.9. The molecule has 0 spiro atoms. The summed E-state index contributed by atoms with van der Waals surface area (Å²) in [5.41, 5.74) is -1.78. The zero-order chi connectivity index (χ0) is 53.5. The number of methoxy groups -OCH3 is 2. The Balaban J connectivity index is 1.37. The average Bonchev–Trinajstić information content (AvgIpc) is 3.35. The molecule has 1 aromatic heterocycles. The van der Waals surface area contributed by atoms with Crippen LogP contribution in [-0.2, 0) is 42.7 Å². The molecule has 3 fully saturated rings. The zero-order valence-electron chi connectivity index (χ0n) is 45.3. The van der Waals surface area contributed by atoms with Crippen molar-refractivity contribution in [1.82, 2.24) is 9.47 Å². The van der Waals surface area contributed by atoms with E-state index in [1.807, 2.05) is 65.2 Å². The minimum atomic E-state index is -1.99. The highest BCUT2D eigenvalue weighted by atomic mass is 16.7. The second-order valence-corrected chi connectivity index (χ2v) is 21.7. The van der Waals surface area contributed by atoms with Crippen molar-refractivity contribution in [2.75, 3.05) is 27.8 Å². The predicted molar refractivity (Wildman–Crippen MR) is 272 cm³/mol. The number of hydrogen-bond donors (Lipinski definition) is 4. The number of esters is 1. The molecule has 16 heteroatoms. The fourth-order valence-electron chi connectivity index (χ4n) is 11.1. The van der Waals surface area contributed by atoms with E-state index in [1.165, 1.54) is 21.1 Å². The van der Waals surface area contributed by atoms with Crippen LogP contribution >= 0.6 is 0 Å². The molecule has 2 aromatic rings. The summed E-state index contributed by atoms with van der Waals surface area (Å²) in [4.78, 5) is 43.2. The molecule has 3 aliphatic heterocycles. The smallest absolute Gasteiger partial charge is 0.311 e. The lowest BCUT2D eigenvalue weighted by molar-refractivity contribution is -0.319. The van der Waals surface area contributed by atoms with Gasteiger partial charge in [-0.3, -0.25) is 19.0 Å². The topological polar surface area (TPSA) is 205 Å². The van der Waals surface area contributed by atoms with Crippen LogP contribution in [-0.4, -0.2) is 154 Å². The highest BCUT2D eigenvalue weighted by Crippen LogP contribution is 2.42. The number of rotatable bonds is 14. The predicted octanol–water partition coefficient (Wildman–Crippen LogP) is 5.88. The molecule has 0 saturated carbocycles. The van der Waals surface area contributed by atoms with Crippen molar-refractivity contribution in [3.05, 3.63) is 64.1 Å². The van der Waals surface area contributed by atoms with E-state index in [0.717, 1.165) is 42.5 Å². The number of unbranched alkanes of at least 4 members (excludes halogenated alkanes) is 3. The molecule has 16 nitrogen and oxygen atoms in total. The fourth-order valence-corrected chi connectivity index (χ4v) is 11.1. The summed E-state index contributed by atoms with van der Waals surface area (Å²) in [5.74, 6) is 1.86. The molecule has 0 radical (unpaired) electrons. The highest BCUT2D eigenvalue weighted by Gasteiger charge is 2.54. The Morgan fingerprint density at radius 2 is 1.50 bits per heavy atom. The molecular formula is C56H86N2O14. The lowest BCUT2D eigenvalue weighted by atomic mass is 9.74. The van der Waals surface area contributed by atoms with E-state index in [0.29, 0.717) is 13.0 Å². The number of carbonyl (C=O) groups is 2. The van der Waals surface area contributed by atoms with Crippen molar-refractivity contribution in [2.24, 2.45) is 23.7 Å². The summed E-state index contributed by atoms with van der Waals surface area (Å²) in [7, 11) is 5.00. The van der Waals surface area contributed by atoms with E-state index >= 15 is 0 Å². The first-order chi connectivity index (χ1) is 33.8. The van der Waals surface area contributed by atoms with Gasteiger partial charge in [0.2, 0.25) is 0 Å². The molecule has 72 heavy (non-hydrogen) atoms. The van der Waals surface area contributed by atoms with Gasteiger partial charge in [0, 0.05) is 74.4 Å². The molecule has 5 rings (SSSR count). The van der Waals surface area contributed by atoms with Gasteiger partial charge in [-0.1, -0.05) is 52.0 Å². The van der Waals surface area contributed by atoms with Gasteiger partial charge in [-0.15, -0.1) is 0 Å². The number of ketones is 1. The number of aliphatic hydroxyl groups excluding tert-OH is 3. The molecule has 0 bridgehead atoms. The van der Waals surface area contributed by atoms with Gasteiger partial charge in [-0.05, 0) is 124 Å². The number of aliphatic hydroxyl groups is 4. The van der Waals surface area contributed by atoms with E-state index in [-0.39, 0.29) is 42.8 Å². The number of carbonyl (C=O) groups excluding carboxylic acids is 2. The van der Waals surface area contributed by atoms with E-state index in [1.54, 1.807) is 58.2 Å². The first-order valence-electron chi connectivity index (χ1n) is 26.0. The van der Waals surface area contributed by atoms with Gasteiger partial charge in [0.1, 0.15) is 29.7 Å². The molecule has 4 heterocycles. The number of aromatic nitrogens is 1. The maximum absolute atomic E-state index is 14.4. The van der Waals surface area contributed by atoms with Crippen LogP contribution in [0.1, 0.15) is 132 Å². The third-order valence-corrected chi connectivity index (χ3v) is 15.9. The number of hydrogen-bond acceptors (Lipinski definition) is 15. The van der Waals surface area contributed by atoms with Crippen molar-refractivity contribution in [3.63, 3.8) is 0 Å². The second-order valence-electron chi connectivity index (χ2n) is 21.7. The van der Waals surface area contributed by atoms with Gasteiger partial charge in [0.05, 0.1) is 47.6 Å². The quantitative estimate of drug-likeness (QED) is 0.0991. The molecule has 4 N–H and O–H groups in total.